The Kier molecular flexibility index (Phi) is 2.87. The zero-order chi connectivity index (χ0) is 9.84. The Morgan fingerprint density at radius 1 is 1.69 bits per heavy atom. The van der Waals surface area contributed by atoms with Crippen LogP contribution in [0, 0.1) is 11.3 Å². The van der Waals surface area contributed by atoms with E-state index in [1.165, 1.54) is 4.68 Å². The van der Waals surface area contributed by atoms with E-state index in [2.05, 4.69) is 10.1 Å². The number of rotatable bonds is 2. The molecule has 0 aliphatic carbocycles. The first-order valence-electron chi connectivity index (χ1n) is 3.32. The van der Waals surface area contributed by atoms with E-state index in [4.69, 9.17) is 5.26 Å². The van der Waals surface area contributed by atoms with Gasteiger partial charge in [-0.15, -0.1) is 0 Å². The Balaban J connectivity index is 3.10. The van der Waals surface area contributed by atoms with Crippen molar-refractivity contribution >= 4 is 11.8 Å². The molecule has 0 bridgehead atoms. The van der Waals surface area contributed by atoms with Crippen molar-refractivity contribution < 1.29 is 0 Å². The normalized spacial score (nSPS) is 9.54. The summed E-state index contributed by atoms with van der Waals surface area (Å²) >= 11 is 1.09. The molecular formula is C6H6N4O2S. The van der Waals surface area contributed by atoms with Crippen molar-refractivity contribution in [3.05, 3.63) is 20.7 Å². The molecule has 1 aromatic heterocycles. The standard InChI is InChI=1S/C6H6N4O2S/c1-10-6(13-3-2-7)8-4(11)5(12)9-10/h3H2,1H3,(H,9,12). The summed E-state index contributed by atoms with van der Waals surface area (Å²) in [5.41, 5.74) is -1.60. The number of aromatic nitrogens is 3. The van der Waals surface area contributed by atoms with Gasteiger partial charge in [-0.3, -0.25) is 19.4 Å². The molecule has 0 spiro atoms. The lowest BCUT2D eigenvalue weighted by atomic mass is 10.8. The number of thioether (sulfide) groups is 1. The van der Waals surface area contributed by atoms with Gasteiger partial charge in [0.15, 0.2) is 5.16 Å². The van der Waals surface area contributed by atoms with E-state index in [-0.39, 0.29) is 5.75 Å². The average molecular weight is 198 g/mol. The molecule has 0 atom stereocenters. The van der Waals surface area contributed by atoms with Gasteiger partial charge in [0, 0.05) is 7.05 Å². The van der Waals surface area contributed by atoms with Crippen molar-refractivity contribution in [2.24, 2.45) is 7.05 Å². The topological polar surface area (TPSA) is 91.5 Å². The van der Waals surface area contributed by atoms with E-state index in [1.807, 2.05) is 6.07 Å². The molecule has 7 heteroatoms. The molecule has 13 heavy (non-hydrogen) atoms. The summed E-state index contributed by atoms with van der Waals surface area (Å²) in [5.74, 6) is 0.187. The predicted molar refractivity (Wildman–Crippen MR) is 46.4 cm³/mol. The number of H-pyrrole nitrogens is 1. The number of hydrogen-bond acceptors (Lipinski definition) is 5. The smallest absolute Gasteiger partial charge is 0.265 e. The Morgan fingerprint density at radius 3 is 3.00 bits per heavy atom. The van der Waals surface area contributed by atoms with Gasteiger partial charge in [0.2, 0.25) is 0 Å². The molecule has 0 saturated heterocycles. The number of aryl methyl sites for hydroxylation is 1. The highest BCUT2D eigenvalue weighted by molar-refractivity contribution is 7.99. The number of nitrogens with zero attached hydrogens (tertiary/aromatic N) is 3. The van der Waals surface area contributed by atoms with Gasteiger partial charge in [0.05, 0.1) is 11.8 Å². The molecule has 6 nitrogen and oxygen atoms in total. The lowest BCUT2D eigenvalue weighted by Gasteiger charge is -2.01. The second-order valence-electron chi connectivity index (χ2n) is 2.15. The third kappa shape index (κ3) is 2.19. The average Bonchev–Trinajstić information content (AvgIpc) is 2.09. The lowest BCUT2D eigenvalue weighted by Crippen LogP contribution is -2.33. The van der Waals surface area contributed by atoms with Gasteiger partial charge in [-0.05, 0) is 0 Å². The summed E-state index contributed by atoms with van der Waals surface area (Å²) in [5, 5.41) is 10.9. The Morgan fingerprint density at radius 2 is 2.38 bits per heavy atom. The Labute approximate surface area is 77.2 Å². The van der Waals surface area contributed by atoms with Crippen molar-refractivity contribution in [1.82, 2.24) is 14.8 Å². The van der Waals surface area contributed by atoms with Crippen molar-refractivity contribution in [2.75, 3.05) is 5.75 Å². The van der Waals surface area contributed by atoms with Gasteiger partial charge in [-0.1, -0.05) is 11.8 Å². The zero-order valence-corrected chi connectivity index (χ0v) is 7.59. The maximum absolute atomic E-state index is 10.8. The minimum Gasteiger partial charge on any atom is -0.265 e. The maximum Gasteiger partial charge on any atom is 0.339 e. The summed E-state index contributed by atoms with van der Waals surface area (Å²) in [7, 11) is 1.55. The van der Waals surface area contributed by atoms with Gasteiger partial charge in [-0.25, -0.2) is 0 Å². The fraction of sp³-hybridized carbons (Fsp3) is 0.333. The molecule has 0 unspecified atom stereocenters. The fourth-order valence-corrected chi connectivity index (χ4v) is 1.27. The maximum atomic E-state index is 10.8. The van der Waals surface area contributed by atoms with E-state index >= 15 is 0 Å². The molecule has 0 aromatic carbocycles. The van der Waals surface area contributed by atoms with Gasteiger partial charge >= 0.3 is 11.1 Å². The van der Waals surface area contributed by atoms with Crippen LogP contribution in [-0.4, -0.2) is 20.5 Å². The summed E-state index contributed by atoms with van der Waals surface area (Å²) in [4.78, 5) is 25.0. The van der Waals surface area contributed by atoms with Crippen LogP contribution in [0.4, 0.5) is 0 Å². The highest BCUT2D eigenvalue weighted by Gasteiger charge is 2.02. The van der Waals surface area contributed by atoms with Crippen LogP contribution in [0.15, 0.2) is 14.7 Å². The van der Waals surface area contributed by atoms with Crippen molar-refractivity contribution in [3.63, 3.8) is 0 Å². The van der Waals surface area contributed by atoms with Gasteiger partial charge < -0.3 is 0 Å². The molecule has 68 valence electrons. The third-order valence-corrected chi connectivity index (χ3v) is 2.11. The minimum absolute atomic E-state index is 0.187. The first-order chi connectivity index (χ1) is 6.15. The SMILES string of the molecule is Cn1[nH]c(=O)c(=O)nc1SCC#N. The third-order valence-electron chi connectivity index (χ3n) is 1.21. The van der Waals surface area contributed by atoms with Crippen LogP contribution in [0.3, 0.4) is 0 Å². The quantitative estimate of drug-likeness (QED) is 0.490. The summed E-state index contributed by atoms with van der Waals surface area (Å²) in [6.45, 7) is 0. The molecule has 1 heterocycles. The number of nitrogens with one attached hydrogen (secondary N) is 1. The number of hydrogen-bond donors (Lipinski definition) is 1. The fourth-order valence-electron chi connectivity index (χ4n) is 0.687. The molecule has 0 fully saturated rings. The molecule has 0 saturated carbocycles. The van der Waals surface area contributed by atoms with Crippen LogP contribution in [-0.2, 0) is 7.05 Å². The van der Waals surface area contributed by atoms with Crippen LogP contribution in [0.1, 0.15) is 0 Å². The molecule has 0 amide bonds. The first-order valence-corrected chi connectivity index (χ1v) is 4.31. The monoisotopic (exact) mass is 198 g/mol. The second-order valence-corrected chi connectivity index (χ2v) is 3.09. The number of nitriles is 1. The van der Waals surface area contributed by atoms with Crippen LogP contribution in [0.2, 0.25) is 0 Å². The van der Waals surface area contributed by atoms with Crippen LogP contribution in [0.25, 0.3) is 0 Å². The van der Waals surface area contributed by atoms with E-state index in [1.54, 1.807) is 7.05 Å². The van der Waals surface area contributed by atoms with E-state index in [0.717, 1.165) is 11.8 Å². The zero-order valence-electron chi connectivity index (χ0n) is 6.77. The highest BCUT2D eigenvalue weighted by atomic mass is 32.2. The van der Waals surface area contributed by atoms with Gasteiger partial charge in [0.1, 0.15) is 0 Å². The van der Waals surface area contributed by atoms with Crippen LogP contribution >= 0.6 is 11.8 Å². The van der Waals surface area contributed by atoms with E-state index < -0.39 is 11.1 Å². The number of aromatic amines is 1. The summed E-state index contributed by atoms with van der Waals surface area (Å²) < 4.78 is 1.31. The molecule has 1 N–H and O–H groups in total. The van der Waals surface area contributed by atoms with Gasteiger partial charge in [0.25, 0.3) is 0 Å². The molecular weight excluding hydrogens is 192 g/mol. The Hall–Kier alpha value is -1.55. The van der Waals surface area contributed by atoms with E-state index in [0.29, 0.717) is 5.16 Å². The predicted octanol–water partition coefficient (Wildman–Crippen LogP) is -0.916. The minimum atomic E-state index is -0.835. The summed E-state index contributed by atoms with van der Waals surface area (Å²) in [6.07, 6.45) is 0. The molecule has 0 aliphatic heterocycles. The van der Waals surface area contributed by atoms with Crippen molar-refractivity contribution in [1.29, 1.82) is 5.26 Å². The Bertz CT molecular complexity index is 455. The van der Waals surface area contributed by atoms with Crippen LogP contribution in [0.5, 0.6) is 0 Å². The van der Waals surface area contributed by atoms with Crippen molar-refractivity contribution in [3.8, 4) is 6.07 Å². The van der Waals surface area contributed by atoms with Crippen LogP contribution < -0.4 is 11.1 Å². The van der Waals surface area contributed by atoms with Crippen molar-refractivity contribution in [2.45, 2.75) is 5.16 Å². The van der Waals surface area contributed by atoms with Gasteiger partial charge in [-0.2, -0.15) is 10.2 Å². The molecule has 0 radical (unpaired) electrons. The molecule has 1 aromatic rings. The lowest BCUT2D eigenvalue weighted by molar-refractivity contribution is 0.597. The highest BCUT2D eigenvalue weighted by Crippen LogP contribution is 2.08. The van der Waals surface area contributed by atoms with E-state index in [9.17, 15) is 9.59 Å². The first kappa shape index (κ1) is 9.54. The molecule has 1 rings (SSSR count). The molecule has 0 aliphatic rings. The second kappa shape index (κ2) is 3.91. The largest absolute Gasteiger partial charge is 0.339 e. The summed E-state index contributed by atoms with van der Waals surface area (Å²) in [6, 6.07) is 1.89.